The van der Waals surface area contributed by atoms with Crippen LogP contribution in [0.3, 0.4) is 0 Å². The molecule has 1 saturated heterocycles. The van der Waals surface area contributed by atoms with Gasteiger partial charge in [0.2, 0.25) is 5.95 Å². The SMILES string of the molecule is CCO[P@]1(=O)Cc2ccc(c(OC)c2)Nc2ncc(C(F)(F)F)c(n2)Nc2ccc(nc2C(=O)NC)-c2cn(nc2C)CC2(COC2)CO1. The van der Waals surface area contributed by atoms with Crippen molar-refractivity contribution in [2.24, 2.45) is 5.41 Å². The Balaban J connectivity index is 1.49. The molecule has 3 aromatic heterocycles. The Labute approximate surface area is 279 Å². The van der Waals surface area contributed by atoms with Crippen molar-refractivity contribution in [1.82, 2.24) is 30.0 Å². The third-order valence-electron chi connectivity index (χ3n) is 8.00. The molecule has 0 radical (unpaired) electrons. The summed E-state index contributed by atoms with van der Waals surface area (Å²) in [7, 11) is -0.877. The molecule has 0 aliphatic carbocycles. The second-order valence-corrected chi connectivity index (χ2v) is 13.7. The number of hydrogen-bond donors (Lipinski definition) is 3. The first-order chi connectivity index (χ1) is 23.3. The normalized spacial score (nSPS) is 18.8. The van der Waals surface area contributed by atoms with Crippen LogP contribution < -0.4 is 20.7 Å². The molecule has 8 bridgehead atoms. The fourth-order valence-corrected chi connectivity index (χ4v) is 7.29. The van der Waals surface area contributed by atoms with Gasteiger partial charge in [-0.25, -0.2) is 9.97 Å². The summed E-state index contributed by atoms with van der Waals surface area (Å²) in [5.74, 6) is -1.18. The molecule has 1 fully saturated rings. The first kappa shape index (κ1) is 34.3. The van der Waals surface area contributed by atoms with Gasteiger partial charge >= 0.3 is 13.8 Å². The van der Waals surface area contributed by atoms with Crippen LogP contribution in [0.5, 0.6) is 5.75 Å². The molecule has 8 heterocycles. The Hall–Kier alpha value is -4.57. The van der Waals surface area contributed by atoms with E-state index in [1.165, 1.54) is 20.2 Å². The Bertz CT molecular complexity index is 1930. The van der Waals surface area contributed by atoms with E-state index in [-0.39, 0.29) is 42.5 Å². The Morgan fingerprint density at radius 3 is 2.59 bits per heavy atom. The lowest BCUT2D eigenvalue weighted by Gasteiger charge is -2.41. The van der Waals surface area contributed by atoms with Crippen LogP contribution >= 0.6 is 7.60 Å². The first-order valence-electron chi connectivity index (χ1n) is 15.2. The standard InChI is InChI=1S/C31H34F3N8O6P/c1-5-47-49(44)13-19-6-7-23(25(10-19)45-4)39-29-36-11-21(31(32,33)34)27(40-29)38-24-9-8-22(37-26(24)28(43)35-3)20-12-42(41-18(20)2)14-30(17-48-49)15-46-16-30/h6-12H,5,13-17H2,1-4H3,(H,35,43)(H2,36,38,39,40)/t49-/m1/s1. The van der Waals surface area contributed by atoms with Crippen molar-refractivity contribution in [3.05, 3.63) is 65.2 Å². The van der Waals surface area contributed by atoms with Gasteiger partial charge in [0.25, 0.3) is 5.91 Å². The van der Waals surface area contributed by atoms with Gasteiger partial charge in [0.15, 0.2) is 5.69 Å². The van der Waals surface area contributed by atoms with Crippen LogP contribution in [0.25, 0.3) is 11.3 Å². The molecule has 1 atom stereocenters. The lowest BCUT2D eigenvalue weighted by molar-refractivity contribution is -0.142. The number of amides is 1. The number of nitrogens with zero attached hydrogens (tertiary/aromatic N) is 5. The van der Waals surface area contributed by atoms with Gasteiger partial charge < -0.3 is 34.5 Å². The average molecular weight is 703 g/mol. The number of ether oxygens (including phenoxy) is 2. The number of methoxy groups -OCH3 is 1. The van der Waals surface area contributed by atoms with E-state index < -0.39 is 36.5 Å². The minimum absolute atomic E-state index is 0.0196. The summed E-state index contributed by atoms with van der Waals surface area (Å²) in [4.78, 5) is 25.6. The van der Waals surface area contributed by atoms with Crippen molar-refractivity contribution >= 4 is 36.6 Å². The van der Waals surface area contributed by atoms with Crippen LogP contribution in [0.1, 0.15) is 34.2 Å². The van der Waals surface area contributed by atoms with Gasteiger partial charge in [0.05, 0.1) is 74.4 Å². The van der Waals surface area contributed by atoms with Crippen molar-refractivity contribution in [2.75, 3.05) is 51.2 Å². The zero-order valence-corrected chi connectivity index (χ0v) is 27.9. The van der Waals surface area contributed by atoms with Gasteiger partial charge in [-0.15, -0.1) is 0 Å². The summed E-state index contributed by atoms with van der Waals surface area (Å²) in [6.45, 7) is 4.73. The van der Waals surface area contributed by atoms with Gasteiger partial charge in [0, 0.05) is 25.0 Å². The summed E-state index contributed by atoms with van der Waals surface area (Å²) < 4.78 is 81.0. The van der Waals surface area contributed by atoms with Gasteiger partial charge in [-0.1, -0.05) is 6.07 Å². The predicted molar refractivity (Wildman–Crippen MR) is 172 cm³/mol. The van der Waals surface area contributed by atoms with Crippen LogP contribution in [0.15, 0.2) is 42.7 Å². The Kier molecular flexibility index (Phi) is 9.37. The lowest BCUT2D eigenvalue weighted by Crippen LogP contribution is -2.49. The Morgan fingerprint density at radius 1 is 1.14 bits per heavy atom. The smallest absolute Gasteiger partial charge is 0.421 e. The molecule has 14 nitrogen and oxygen atoms in total. The van der Waals surface area contributed by atoms with Crippen molar-refractivity contribution in [2.45, 2.75) is 32.7 Å². The predicted octanol–water partition coefficient (Wildman–Crippen LogP) is 5.69. The van der Waals surface area contributed by atoms with E-state index in [1.54, 1.807) is 49.0 Å². The molecular weight excluding hydrogens is 668 g/mol. The second-order valence-electron chi connectivity index (χ2n) is 11.7. The Morgan fingerprint density at radius 2 is 1.92 bits per heavy atom. The van der Waals surface area contributed by atoms with E-state index >= 15 is 0 Å². The van der Waals surface area contributed by atoms with Crippen LogP contribution in [-0.4, -0.2) is 71.2 Å². The van der Waals surface area contributed by atoms with E-state index in [2.05, 4.69) is 36.0 Å². The molecule has 5 aliphatic heterocycles. The third kappa shape index (κ3) is 7.25. The molecule has 1 spiro atoms. The highest BCUT2D eigenvalue weighted by Crippen LogP contribution is 2.53. The number of aryl methyl sites for hydroxylation is 1. The number of halogens is 3. The van der Waals surface area contributed by atoms with Gasteiger partial charge in [-0.2, -0.15) is 23.3 Å². The molecule has 0 saturated carbocycles. The van der Waals surface area contributed by atoms with E-state index in [0.717, 1.165) is 0 Å². The summed E-state index contributed by atoms with van der Waals surface area (Å²) in [5, 5.41) is 12.7. The zero-order chi connectivity index (χ0) is 35.0. The van der Waals surface area contributed by atoms with E-state index in [0.29, 0.717) is 54.2 Å². The first-order valence-corrected chi connectivity index (χ1v) is 17.0. The topological polar surface area (TPSA) is 164 Å². The van der Waals surface area contributed by atoms with Crippen molar-refractivity contribution in [3.8, 4) is 17.0 Å². The fraction of sp³-hybridized carbons (Fsp3) is 0.387. The highest BCUT2D eigenvalue weighted by Gasteiger charge is 2.43. The monoisotopic (exact) mass is 702 g/mol. The van der Waals surface area contributed by atoms with Gasteiger partial charge in [0.1, 0.15) is 17.1 Å². The number of pyridine rings is 1. The van der Waals surface area contributed by atoms with Crippen LogP contribution in [-0.2, 0) is 37.2 Å². The highest BCUT2D eigenvalue weighted by atomic mass is 31.2. The van der Waals surface area contributed by atoms with Gasteiger partial charge in [-0.05, 0) is 43.7 Å². The molecule has 1 aromatic carbocycles. The number of anilines is 4. The molecule has 3 N–H and O–H groups in total. The van der Waals surface area contributed by atoms with E-state index in [9.17, 15) is 22.5 Å². The molecule has 5 aliphatic rings. The number of hydrogen-bond acceptors (Lipinski definition) is 12. The number of aromatic nitrogens is 5. The summed E-state index contributed by atoms with van der Waals surface area (Å²) in [6.07, 6.45) is -2.52. The maximum atomic E-state index is 14.2. The molecule has 49 heavy (non-hydrogen) atoms. The summed E-state index contributed by atoms with van der Waals surface area (Å²) in [5.41, 5.74) is 0.530. The molecule has 4 aromatic rings. The number of nitrogens with one attached hydrogen (secondary N) is 3. The third-order valence-corrected chi connectivity index (χ3v) is 9.93. The zero-order valence-electron chi connectivity index (χ0n) is 27.1. The number of carbonyl (C=O) groups excluding carboxylic acids is 1. The second kappa shape index (κ2) is 13.4. The van der Waals surface area contributed by atoms with Crippen molar-refractivity contribution < 1.29 is 41.1 Å². The number of rotatable bonds is 4. The lowest BCUT2D eigenvalue weighted by atomic mass is 9.87. The van der Waals surface area contributed by atoms with Crippen molar-refractivity contribution in [1.29, 1.82) is 0 Å². The molecule has 18 heteroatoms. The van der Waals surface area contributed by atoms with Crippen LogP contribution in [0.2, 0.25) is 0 Å². The maximum absolute atomic E-state index is 14.2. The minimum atomic E-state index is -4.84. The number of carbonyl (C=O) groups is 1. The largest absolute Gasteiger partial charge is 0.495 e. The maximum Gasteiger partial charge on any atom is 0.421 e. The van der Waals surface area contributed by atoms with Gasteiger partial charge in [-0.3, -0.25) is 14.0 Å². The van der Waals surface area contributed by atoms with E-state index in [1.807, 2.05) is 0 Å². The molecular formula is C31H34F3N8O6P. The number of alkyl halides is 3. The quantitative estimate of drug-likeness (QED) is 0.223. The summed E-state index contributed by atoms with van der Waals surface area (Å²) in [6, 6.07) is 7.89. The minimum Gasteiger partial charge on any atom is -0.495 e. The van der Waals surface area contributed by atoms with Crippen LogP contribution in [0.4, 0.5) is 36.3 Å². The number of benzene rings is 1. The molecule has 260 valence electrons. The highest BCUT2D eigenvalue weighted by molar-refractivity contribution is 7.53. The molecule has 9 rings (SSSR count). The fourth-order valence-electron chi connectivity index (χ4n) is 5.52. The molecule has 0 unspecified atom stereocenters. The van der Waals surface area contributed by atoms with Crippen molar-refractivity contribution in [3.63, 3.8) is 0 Å². The summed E-state index contributed by atoms with van der Waals surface area (Å²) >= 11 is 0. The van der Waals surface area contributed by atoms with Crippen LogP contribution in [0, 0.1) is 12.3 Å². The molecule has 1 amide bonds. The van der Waals surface area contributed by atoms with E-state index in [4.69, 9.17) is 18.5 Å². The average Bonchev–Trinajstić information content (AvgIpc) is 3.41.